The molecule has 89 heavy (non-hydrogen) atoms. The number of morpholine rings is 2. The Labute approximate surface area is 516 Å². The molecule has 3 aromatic carbocycles. The molecule has 4 fully saturated rings. The van der Waals surface area contributed by atoms with Gasteiger partial charge in [0.05, 0.1) is 72.0 Å². The lowest BCUT2D eigenvalue weighted by molar-refractivity contribution is -0.149. The zero-order valence-electron chi connectivity index (χ0n) is 50.1. The summed E-state index contributed by atoms with van der Waals surface area (Å²) in [7, 11) is -1.63. The van der Waals surface area contributed by atoms with E-state index in [-0.39, 0.29) is 47.3 Å². The molecule has 24 heteroatoms. The normalized spacial score (nSPS) is 23.7. The molecule has 0 radical (unpaired) electrons. The standard InChI is InChI=1S/C23H27N7O3S2.C23H24O8.C19H17NO3/c1-35(31,32)30-7-5-28(6-8-30)15-16-13-20-21(34-16)23(29-9-11-33-12-10-29)26-22(25-20)17-3-2-4-19-18(17)14-24-27-19;1-10(24)30-13-7-22(2)12(5-6-14(22)25)16-18(13)23(3)15(9-28-4)31-21(27)11-8-29-20(17(11)23)19(16)26;21-17-13-18(20-9-11-22-12-10-20)23-19-15(7-4-8-16(17)19)14-5-2-1-3-6-14/h2-4,13-14H,5-12,15H2,1H3,(H,24,27);8,12-13,15H,5-7,9H2,1-4H3;1-8,13H,9-12H2/t;12-,13+,15+,22-,23-;/m.0./s1. The number of fused-ring (bicyclic) bond motifs is 6. The zero-order chi connectivity index (χ0) is 61.9. The van der Waals surface area contributed by atoms with Gasteiger partial charge in [-0.1, -0.05) is 61.5 Å². The molecule has 1 N–H and O–H groups in total. The summed E-state index contributed by atoms with van der Waals surface area (Å²) in [4.78, 5) is 81.6. The Hall–Kier alpha value is -7.97. The van der Waals surface area contributed by atoms with Gasteiger partial charge < -0.3 is 42.3 Å². The van der Waals surface area contributed by atoms with Gasteiger partial charge in [0, 0.05) is 136 Å². The van der Waals surface area contributed by atoms with Crippen LogP contribution in [0.2, 0.25) is 0 Å². The number of anilines is 2. The number of esters is 2. The molecule has 8 aromatic rings. The summed E-state index contributed by atoms with van der Waals surface area (Å²) in [5.41, 5.74) is 5.39. The van der Waals surface area contributed by atoms with E-state index in [0.29, 0.717) is 91.7 Å². The Morgan fingerprint density at radius 2 is 1.55 bits per heavy atom. The number of hydrogen-bond donors (Lipinski definition) is 1. The minimum absolute atomic E-state index is 0.00878. The number of piperazine rings is 1. The Balaban J connectivity index is 0.000000125. The fourth-order valence-electron chi connectivity index (χ4n) is 14.0. The van der Waals surface area contributed by atoms with Crippen LogP contribution in [0.5, 0.6) is 0 Å². The van der Waals surface area contributed by atoms with Gasteiger partial charge in [0.2, 0.25) is 15.8 Å². The first-order chi connectivity index (χ1) is 42.9. The Kier molecular flexibility index (Phi) is 16.2. The third-order valence-electron chi connectivity index (χ3n) is 18.5. The van der Waals surface area contributed by atoms with E-state index >= 15 is 0 Å². The highest BCUT2D eigenvalue weighted by molar-refractivity contribution is 7.88. The van der Waals surface area contributed by atoms with E-state index in [1.165, 1.54) is 31.4 Å². The first-order valence-electron chi connectivity index (χ1n) is 29.9. The lowest BCUT2D eigenvalue weighted by Gasteiger charge is -2.51. The number of methoxy groups -OCH3 is 1. The van der Waals surface area contributed by atoms with Crippen LogP contribution in [-0.2, 0) is 55.3 Å². The summed E-state index contributed by atoms with van der Waals surface area (Å²) >= 11 is 1.73. The van der Waals surface area contributed by atoms with Gasteiger partial charge in [-0.2, -0.15) is 9.40 Å². The molecule has 0 spiro atoms. The van der Waals surface area contributed by atoms with Crippen LogP contribution in [-0.4, -0.2) is 172 Å². The first-order valence-corrected chi connectivity index (χ1v) is 32.6. The SMILES string of the molecule is COC[C@H]1OC(=O)c2coc3c2[C@@]1(C)C1=C(C3=O)[C@@H]2CCC(=O)[C@@]2(C)C[C@H]1OC(C)=O.CS(=O)(=O)N1CCN(Cc2cc3nc(-c4cccc5[nH]ncc45)nc(N4CCOCC4)c3s2)CC1.O=c1cc(N2CCOCC2)oc2c(-c3ccccc3)cccc12. The van der Waals surface area contributed by atoms with Crippen molar-refractivity contribution in [2.45, 2.75) is 64.2 Å². The third kappa shape index (κ3) is 11.0. The van der Waals surface area contributed by atoms with E-state index in [1.807, 2.05) is 86.8 Å². The van der Waals surface area contributed by atoms with Gasteiger partial charge in [0.15, 0.2) is 28.7 Å². The summed E-state index contributed by atoms with van der Waals surface area (Å²) in [5, 5.41) is 8.84. The highest BCUT2D eigenvalue weighted by Crippen LogP contribution is 2.61. The van der Waals surface area contributed by atoms with E-state index in [9.17, 15) is 32.4 Å². The third-order valence-corrected chi connectivity index (χ3v) is 20.9. The lowest BCUT2D eigenvalue weighted by Crippen LogP contribution is -2.57. The van der Waals surface area contributed by atoms with Gasteiger partial charge >= 0.3 is 11.9 Å². The van der Waals surface area contributed by atoms with Crippen molar-refractivity contribution < 1.29 is 60.1 Å². The second-order valence-electron chi connectivity index (χ2n) is 23.9. The van der Waals surface area contributed by atoms with Crippen LogP contribution in [0, 0.1) is 11.3 Å². The molecular weight excluding hydrogens is 1180 g/mol. The maximum Gasteiger partial charge on any atom is 0.342 e. The number of H-pyrrole nitrogens is 1. The Morgan fingerprint density at radius 3 is 2.27 bits per heavy atom. The van der Waals surface area contributed by atoms with Gasteiger partial charge in [0.1, 0.15) is 35.4 Å². The number of aromatic nitrogens is 4. The number of aromatic amines is 1. The van der Waals surface area contributed by atoms with Gasteiger partial charge in [-0.15, -0.1) is 11.3 Å². The number of Topliss-reactive ketones (excluding diaryl/α,β-unsaturated/α-hetero) is 2. The second-order valence-corrected chi connectivity index (χ2v) is 27.0. The van der Waals surface area contributed by atoms with Gasteiger partial charge in [-0.05, 0) is 42.7 Å². The number of carbonyl (C=O) groups excluding carboxylic acids is 4. The van der Waals surface area contributed by atoms with Crippen molar-refractivity contribution in [2.24, 2.45) is 11.3 Å². The molecule has 0 bridgehead atoms. The minimum atomic E-state index is -3.13. The zero-order valence-corrected chi connectivity index (χ0v) is 51.7. The molecule has 0 amide bonds. The quantitative estimate of drug-likeness (QED) is 0.127. The number of furan rings is 1. The van der Waals surface area contributed by atoms with Crippen LogP contribution in [0.4, 0.5) is 11.7 Å². The number of para-hydroxylation sites is 1. The molecule has 5 atom stereocenters. The number of thiophene rings is 1. The number of carbonyl (C=O) groups is 4. The van der Waals surface area contributed by atoms with Crippen LogP contribution >= 0.6 is 11.3 Å². The van der Waals surface area contributed by atoms with Crippen molar-refractivity contribution in [2.75, 3.05) is 109 Å². The molecule has 9 heterocycles. The van der Waals surface area contributed by atoms with Crippen molar-refractivity contribution in [3.05, 3.63) is 134 Å². The molecular formula is C65H68N8O14S2. The molecule has 3 saturated heterocycles. The van der Waals surface area contributed by atoms with Crippen molar-refractivity contribution in [3.8, 4) is 22.5 Å². The lowest BCUT2D eigenvalue weighted by atomic mass is 9.54. The molecule has 0 unspecified atom stereocenters. The molecule has 4 aliphatic heterocycles. The van der Waals surface area contributed by atoms with E-state index in [2.05, 4.69) is 31.0 Å². The first kappa shape index (κ1) is 60.0. The average molecular weight is 1250 g/mol. The number of ketones is 2. The maximum absolute atomic E-state index is 13.7. The fraction of sp³-hybridized carbons (Fsp3) is 0.415. The van der Waals surface area contributed by atoms with Crippen LogP contribution < -0.4 is 15.2 Å². The second kappa shape index (κ2) is 24.1. The number of allylic oxidation sites excluding steroid dienone is 1. The van der Waals surface area contributed by atoms with Crippen molar-refractivity contribution >= 4 is 88.7 Å². The number of hydrogen-bond acceptors (Lipinski definition) is 21. The van der Waals surface area contributed by atoms with Crippen LogP contribution in [0.25, 0.3) is 54.6 Å². The van der Waals surface area contributed by atoms with Crippen molar-refractivity contribution in [1.82, 2.24) is 29.4 Å². The highest BCUT2D eigenvalue weighted by atomic mass is 32.2. The highest BCUT2D eigenvalue weighted by Gasteiger charge is 2.64. The Morgan fingerprint density at radius 1 is 0.831 bits per heavy atom. The summed E-state index contributed by atoms with van der Waals surface area (Å²) in [6, 6.07) is 25.5. The molecule has 15 rings (SSSR count). The van der Waals surface area contributed by atoms with E-state index in [0.717, 1.165) is 89.4 Å². The topological polar surface area (TPSA) is 259 Å². The summed E-state index contributed by atoms with van der Waals surface area (Å²) in [5.74, 6) is 0.679. The van der Waals surface area contributed by atoms with Crippen molar-refractivity contribution in [1.29, 1.82) is 0 Å². The minimum Gasteiger partial charge on any atom is -0.460 e. The number of cyclic esters (lactones) is 1. The summed E-state index contributed by atoms with van der Waals surface area (Å²) in [6.45, 7) is 14.1. The maximum atomic E-state index is 13.7. The van der Waals surface area contributed by atoms with Gasteiger partial charge in [-0.3, -0.25) is 29.2 Å². The predicted molar refractivity (Wildman–Crippen MR) is 333 cm³/mol. The smallest absolute Gasteiger partial charge is 0.342 e. The number of sulfonamides is 1. The van der Waals surface area contributed by atoms with E-state index < -0.39 is 45.0 Å². The van der Waals surface area contributed by atoms with Crippen molar-refractivity contribution in [3.63, 3.8) is 0 Å². The number of ether oxygens (including phenoxy) is 5. The van der Waals surface area contributed by atoms with Crippen LogP contribution in [0.15, 0.2) is 116 Å². The summed E-state index contributed by atoms with van der Waals surface area (Å²) in [6.07, 6.45) is 4.01. The van der Waals surface area contributed by atoms with E-state index in [1.54, 1.807) is 21.7 Å². The number of nitrogens with zero attached hydrogens (tertiary/aromatic N) is 7. The molecule has 5 aromatic heterocycles. The number of benzene rings is 3. The van der Waals surface area contributed by atoms with Gasteiger partial charge in [0.25, 0.3) is 0 Å². The monoisotopic (exact) mass is 1250 g/mol. The van der Waals surface area contributed by atoms with Gasteiger partial charge in [-0.25, -0.2) is 23.2 Å². The summed E-state index contributed by atoms with van der Waals surface area (Å²) < 4.78 is 65.8. The average Bonchev–Trinajstić information content (AvgIpc) is 1.67. The predicted octanol–water partition coefficient (Wildman–Crippen LogP) is 7.98. The Bertz CT molecular complexity index is 4290. The van der Waals surface area contributed by atoms with Crippen LogP contribution in [0.3, 0.4) is 0 Å². The molecule has 3 aliphatic carbocycles. The molecule has 7 aliphatic rings. The fourth-order valence-corrected chi connectivity index (χ4v) is 16.0. The molecule has 1 saturated carbocycles. The largest absolute Gasteiger partial charge is 0.460 e. The van der Waals surface area contributed by atoms with Crippen LogP contribution in [0.1, 0.15) is 71.4 Å². The van der Waals surface area contributed by atoms with E-state index in [4.69, 9.17) is 42.5 Å². The number of rotatable bonds is 10. The molecule has 22 nitrogen and oxygen atoms in total. The molecule has 464 valence electrons. The number of nitrogens with one attached hydrogen (secondary N) is 1.